The summed E-state index contributed by atoms with van der Waals surface area (Å²) in [5.41, 5.74) is 0. The molecule has 0 bridgehead atoms. The van der Waals surface area contributed by atoms with Crippen LogP contribution in [0.5, 0.6) is 0 Å². The molecule has 0 fully saturated rings. The van der Waals surface area contributed by atoms with Gasteiger partial charge in [-0.15, -0.1) is 0 Å². The van der Waals surface area contributed by atoms with Gasteiger partial charge in [0.05, 0.1) is 5.25 Å². The normalized spacial score (nSPS) is 15.7. The van der Waals surface area contributed by atoms with Gasteiger partial charge in [0.1, 0.15) is 0 Å². The summed E-state index contributed by atoms with van der Waals surface area (Å²) in [6.45, 7) is 5.79. The van der Waals surface area contributed by atoms with Crippen LogP contribution in [0.25, 0.3) is 0 Å². The van der Waals surface area contributed by atoms with Crippen LogP contribution in [0.3, 0.4) is 0 Å². The maximum atomic E-state index is 11.0. The van der Waals surface area contributed by atoms with Crippen LogP contribution in [0.1, 0.15) is 27.2 Å². The van der Waals surface area contributed by atoms with Gasteiger partial charge in [-0.1, -0.05) is 20.8 Å². The zero-order valence-electron chi connectivity index (χ0n) is 7.09. The van der Waals surface area contributed by atoms with Crippen LogP contribution in [-0.2, 0) is 9.84 Å². The summed E-state index contributed by atoms with van der Waals surface area (Å²) in [7, 11) is -2.81. The standard InChI is InChI=1S/C7H16O2S/c1-5-7(6(2)3)10(4,8)9/h6-7H,5H2,1-4H3. The molecule has 0 aromatic heterocycles. The Morgan fingerprint density at radius 2 is 1.70 bits per heavy atom. The van der Waals surface area contributed by atoms with Gasteiger partial charge in [-0.3, -0.25) is 0 Å². The fourth-order valence-corrected chi connectivity index (χ4v) is 2.86. The van der Waals surface area contributed by atoms with Crippen molar-refractivity contribution in [3.63, 3.8) is 0 Å². The van der Waals surface area contributed by atoms with Gasteiger partial charge in [0.15, 0.2) is 9.84 Å². The van der Waals surface area contributed by atoms with Gasteiger partial charge in [-0.25, -0.2) is 8.42 Å². The molecule has 0 saturated heterocycles. The van der Waals surface area contributed by atoms with Crippen molar-refractivity contribution in [1.82, 2.24) is 0 Å². The second kappa shape index (κ2) is 3.37. The minimum absolute atomic E-state index is 0.160. The smallest absolute Gasteiger partial charge is 0.150 e. The Labute approximate surface area is 63.6 Å². The highest BCUT2D eigenvalue weighted by molar-refractivity contribution is 7.91. The molecule has 0 aliphatic carbocycles. The molecule has 2 nitrogen and oxygen atoms in total. The summed E-state index contributed by atoms with van der Waals surface area (Å²) in [6, 6.07) is 0. The molecule has 62 valence electrons. The summed E-state index contributed by atoms with van der Waals surface area (Å²) < 4.78 is 22.0. The first kappa shape index (κ1) is 9.95. The lowest BCUT2D eigenvalue weighted by Gasteiger charge is -2.15. The first-order chi connectivity index (χ1) is 4.39. The molecule has 0 spiro atoms. The average molecular weight is 164 g/mol. The molecular weight excluding hydrogens is 148 g/mol. The van der Waals surface area contributed by atoms with E-state index in [1.807, 2.05) is 20.8 Å². The molecule has 0 N–H and O–H groups in total. The van der Waals surface area contributed by atoms with Crippen LogP contribution in [-0.4, -0.2) is 19.9 Å². The van der Waals surface area contributed by atoms with Crippen molar-refractivity contribution in [3.05, 3.63) is 0 Å². The van der Waals surface area contributed by atoms with Gasteiger partial charge >= 0.3 is 0 Å². The monoisotopic (exact) mass is 164 g/mol. The van der Waals surface area contributed by atoms with E-state index in [-0.39, 0.29) is 11.2 Å². The van der Waals surface area contributed by atoms with Crippen molar-refractivity contribution in [2.75, 3.05) is 6.26 Å². The van der Waals surface area contributed by atoms with Crippen molar-refractivity contribution in [3.8, 4) is 0 Å². The zero-order valence-corrected chi connectivity index (χ0v) is 7.90. The van der Waals surface area contributed by atoms with E-state index >= 15 is 0 Å². The maximum Gasteiger partial charge on any atom is 0.150 e. The number of hydrogen-bond donors (Lipinski definition) is 0. The van der Waals surface area contributed by atoms with E-state index in [0.717, 1.165) is 6.42 Å². The number of hydrogen-bond acceptors (Lipinski definition) is 2. The lowest BCUT2D eigenvalue weighted by atomic mass is 10.1. The van der Waals surface area contributed by atoms with E-state index in [1.54, 1.807) is 0 Å². The zero-order chi connectivity index (χ0) is 8.36. The fourth-order valence-electron chi connectivity index (χ4n) is 1.27. The summed E-state index contributed by atoms with van der Waals surface area (Å²) in [6.07, 6.45) is 2.03. The molecular formula is C7H16O2S. The van der Waals surface area contributed by atoms with Gasteiger partial charge < -0.3 is 0 Å². The van der Waals surface area contributed by atoms with Crippen LogP contribution in [0.2, 0.25) is 0 Å². The quantitative estimate of drug-likeness (QED) is 0.633. The molecule has 10 heavy (non-hydrogen) atoms. The second-order valence-corrected chi connectivity index (χ2v) is 5.28. The molecule has 0 rings (SSSR count). The summed E-state index contributed by atoms with van der Waals surface area (Å²) in [5.74, 6) is 0.236. The van der Waals surface area contributed by atoms with E-state index in [4.69, 9.17) is 0 Å². The Hall–Kier alpha value is -0.0500. The third-order valence-electron chi connectivity index (χ3n) is 1.70. The molecule has 0 aromatic carbocycles. The summed E-state index contributed by atoms with van der Waals surface area (Å²) in [4.78, 5) is 0. The Morgan fingerprint density at radius 1 is 1.30 bits per heavy atom. The highest BCUT2D eigenvalue weighted by Crippen LogP contribution is 2.13. The van der Waals surface area contributed by atoms with Gasteiger partial charge in [0, 0.05) is 6.26 Å². The topological polar surface area (TPSA) is 34.1 Å². The first-order valence-electron chi connectivity index (χ1n) is 3.58. The van der Waals surface area contributed by atoms with Crippen LogP contribution in [0.4, 0.5) is 0 Å². The van der Waals surface area contributed by atoms with Gasteiger partial charge in [0.2, 0.25) is 0 Å². The van der Waals surface area contributed by atoms with Crippen LogP contribution >= 0.6 is 0 Å². The van der Waals surface area contributed by atoms with Crippen molar-refractivity contribution in [2.45, 2.75) is 32.4 Å². The molecule has 1 unspecified atom stereocenters. The number of rotatable bonds is 3. The molecule has 0 amide bonds. The third kappa shape index (κ3) is 2.69. The largest absolute Gasteiger partial charge is 0.229 e. The molecule has 0 aliphatic heterocycles. The van der Waals surface area contributed by atoms with E-state index in [0.29, 0.717) is 0 Å². The van der Waals surface area contributed by atoms with Crippen molar-refractivity contribution in [1.29, 1.82) is 0 Å². The lowest BCUT2D eigenvalue weighted by Crippen LogP contribution is -2.24. The van der Waals surface area contributed by atoms with Crippen molar-refractivity contribution < 1.29 is 8.42 Å². The van der Waals surface area contributed by atoms with Gasteiger partial charge in [0.25, 0.3) is 0 Å². The first-order valence-corrected chi connectivity index (χ1v) is 5.54. The summed E-state index contributed by atoms with van der Waals surface area (Å²) in [5, 5.41) is -0.160. The van der Waals surface area contributed by atoms with Crippen molar-refractivity contribution >= 4 is 9.84 Å². The Morgan fingerprint density at radius 3 is 1.70 bits per heavy atom. The minimum atomic E-state index is -2.81. The van der Waals surface area contributed by atoms with E-state index in [2.05, 4.69) is 0 Å². The van der Waals surface area contributed by atoms with Crippen LogP contribution in [0, 0.1) is 5.92 Å². The maximum absolute atomic E-state index is 11.0. The molecule has 0 saturated carbocycles. The van der Waals surface area contributed by atoms with Gasteiger partial charge in [-0.05, 0) is 12.3 Å². The molecule has 0 heterocycles. The molecule has 0 aliphatic rings. The Kier molecular flexibility index (Phi) is 3.36. The van der Waals surface area contributed by atoms with Crippen LogP contribution in [0.15, 0.2) is 0 Å². The van der Waals surface area contributed by atoms with E-state index in [9.17, 15) is 8.42 Å². The molecule has 1 atom stereocenters. The number of sulfone groups is 1. The summed E-state index contributed by atoms with van der Waals surface area (Å²) >= 11 is 0. The molecule has 3 heteroatoms. The Balaban J connectivity index is 4.38. The SMILES string of the molecule is CCC(C(C)C)S(C)(=O)=O. The Bertz CT molecular complexity index is 180. The highest BCUT2D eigenvalue weighted by atomic mass is 32.2. The molecule has 0 radical (unpaired) electrons. The third-order valence-corrected chi connectivity index (χ3v) is 3.67. The minimum Gasteiger partial charge on any atom is -0.229 e. The fraction of sp³-hybridized carbons (Fsp3) is 1.00. The van der Waals surface area contributed by atoms with E-state index in [1.165, 1.54) is 6.26 Å². The highest BCUT2D eigenvalue weighted by Gasteiger charge is 2.21. The van der Waals surface area contributed by atoms with E-state index < -0.39 is 9.84 Å². The second-order valence-electron chi connectivity index (χ2n) is 3.02. The van der Waals surface area contributed by atoms with Gasteiger partial charge in [-0.2, -0.15) is 0 Å². The van der Waals surface area contributed by atoms with Crippen molar-refractivity contribution in [2.24, 2.45) is 5.92 Å². The predicted octanol–water partition coefficient (Wildman–Crippen LogP) is 1.47. The molecule has 0 aromatic rings. The predicted molar refractivity (Wildman–Crippen MR) is 43.8 cm³/mol. The lowest BCUT2D eigenvalue weighted by molar-refractivity contribution is 0.527. The van der Waals surface area contributed by atoms with Crippen LogP contribution < -0.4 is 0 Å². The average Bonchev–Trinajstić information content (AvgIpc) is 1.60.